The maximum Gasteiger partial charge on any atom is 0.418 e. The summed E-state index contributed by atoms with van der Waals surface area (Å²) in [5.41, 5.74) is -1.78. The van der Waals surface area contributed by atoms with Gasteiger partial charge in [-0.15, -0.1) is 0 Å². The SMILES string of the molecule is CCOC(=O)/C(C#N)=C/Nc1ccc(Cl)cc1C(F)(F)F. The first-order valence-corrected chi connectivity index (χ1v) is 6.08. The molecule has 0 atom stereocenters. The predicted octanol–water partition coefficient (Wildman–Crippen LogP) is 3.74. The molecule has 8 heteroatoms. The van der Waals surface area contributed by atoms with Crippen LogP contribution in [-0.2, 0) is 15.7 Å². The van der Waals surface area contributed by atoms with E-state index in [0.717, 1.165) is 18.3 Å². The Hall–Kier alpha value is -2.20. The molecule has 0 fully saturated rings. The molecule has 1 aromatic rings. The van der Waals surface area contributed by atoms with Gasteiger partial charge in [-0.1, -0.05) is 11.6 Å². The number of nitrogens with zero attached hydrogens (tertiary/aromatic N) is 1. The third-order valence-electron chi connectivity index (χ3n) is 2.27. The Morgan fingerprint density at radius 3 is 2.71 bits per heavy atom. The van der Waals surface area contributed by atoms with Crippen LogP contribution in [0.15, 0.2) is 30.0 Å². The molecule has 0 aliphatic carbocycles. The van der Waals surface area contributed by atoms with Crippen LogP contribution in [0.4, 0.5) is 18.9 Å². The lowest BCUT2D eigenvalue weighted by Crippen LogP contribution is -2.11. The minimum Gasteiger partial charge on any atom is -0.462 e. The molecule has 0 aliphatic rings. The van der Waals surface area contributed by atoms with E-state index in [2.05, 4.69) is 10.1 Å². The highest BCUT2D eigenvalue weighted by Gasteiger charge is 2.33. The van der Waals surface area contributed by atoms with E-state index in [9.17, 15) is 18.0 Å². The van der Waals surface area contributed by atoms with Crippen LogP contribution in [0.5, 0.6) is 0 Å². The van der Waals surface area contributed by atoms with Crippen molar-refractivity contribution in [3.8, 4) is 6.07 Å². The highest BCUT2D eigenvalue weighted by Crippen LogP contribution is 2.36. The van der Waals surface area contributed by atoms with Crippen LogP contribution >= 0.6 is 11.6 Å². The number of hydrogen-bond donors (Lipinski definition) is 1. The lowest BCUT2D eigenvalue weighted by Gasteiger charge is -2.13. The molecule has 0 bridgehead atoms. The molecule has 112 valence electrons. The Labute approximate surface area is 123 Å². The maximum absolute atomic E-state index is 12.8. The highest BCUT2D eigenvalue weighted by molar-refractivity contribution is 6.30. The van der Waals surface area contributed by atoms with E-state index in [1.807, 2.05) is 0 Å². The van der Waals surface area contributed by atoms with E-state index in [-0.39, 0.29) is 17.3 Å². The molecular weight excluding hydrogens is 309 g/mol. The van der Waals surface area contributed by atoms with E-state index in [1.54, 1.807) is 13.0 Å². The van der Waals surface area contributed by atoms with Crippen LogP contribution in [0.2, 0.25) is 5.02 Å². The van der Waals surface area contributed by atoms with Crippen molar-refractivity contribution >= 4 is 23.3 Å². The Morgan fingerprint density at radius 2 is 2.19 bits per heavy atom. The highest BCUT2D eigenvalue weighted by atomic mass is 35.5. The van der Waals surface area contributed by atoms with Crippen molar-refractivity contribution in [2.75, 3.05) is 11.9 Å². The zero-order valence-electron chi connectivity index (χ0n) is 10.8. The standard InChI is InChI=1S/C13H10ClF3N2O2/c1-2-21-12(20)8(6-18)7-19-11-4-3-9(14)5-10(11)13(15,16)17/h3-5,7,19H,2H2,1H3/b8-7+. The number of ether oxygens (including phenoxy) is 1. The van der Waals surface area contributed by atoms with Crippen molar-refractivity contribution in [1.82, 2.24) is 0 Å². The van der Waals surface area contributed by atoms with E-state index in [1.165, 1.54) is 6.07 Å². The summed E-state index contributed by atoms with van der Waals surface area (Å²) in [7, 11) is 0. The first-order chi connectivity index (χ1) is 9.79. The maximum atomic E-state index is 12.8. The third-order valence-corrected chi connectivity index (χ3v) is 2.51. The van der Waals surface area contributed by atoms with Crippen LogP contribution in [0.1, 0.15) is 12.5 Å². The first kappa shape index (κ1) is 16.9. The van der Waals surface area contributed by atoms with E-state index >= 15 is 0 Å². The number of esters is 1. The fraction of sp³-hybridized carbons (Fsp3) is 0.231. The quantitative estimate of drug-likeness (QED) is 0.522. The number of carbonyl (C=O) groups excluding carboxylic acids is 1. The van der Waals surface area contributed by atoms with Gasteiger partial charge >= 0.3 is 12.1 Å². The third kappa shape index (κ3) is 4.68. The van der Waals surface area contributed by atoms with Crippen LogP contribution in [0.25, 0.3) is 0 Å². The smallest absolute Gasteiger partial charge is 0.418 e. The van der Waals surface area contributed by atoms with Gasteiger partial charge in [0.15, 0.2) is 5.57 Å². The summed E-state index contributed by atoms with van der Waals surface area (Å²) in [5, 5.41) is 11.0. The second-order valence-electron chi connectivity index (χ2n) is 3.72. The predicted molar refractivity (Wildman–Crippen MR) is 70.4 cm³/mol. The molecule has 0 spiro atoms. The van der Waals surface area contributed by atoms with Gasteiger partial charge in [-0.25, -0.2) is 4.79 Å². The van der Waals surface area contributed by atoms with Crippen molar-refractivity contribution in [3.63, 3.8) is 0 Å². The van der Waals surface area contributed by atoms with Crippen molar-refractivity contribution in [1.29, 1.82) is 5.26 Å². The zero-order chi connectivity index (χ0) is 16.0. The van der Waals surface area contributed by atoms with Crippen LogP contribution in [-0.4, -0.2) is 12.6 Å². The summed E-state index contributed by atoms with van der Waals surface area (Å²) >= 11 is 5.53. The van der Waals surface area contributed by atoms with Gasteiger partial charge in [-0.05, 0) is 25.1 Å². The molecule has 0 radical (unpaired) electrons. The van der Waals surface area contributed by atoms with Gasteiger partial charge in [0.25, 0.3) is 0 Å². The molecule has 4 nitrogen and oxygen atoms in total. The van der Waals surface area contributed by atoms with Gasteiger partial charge in [-0.3, -0.25) is 0 Å². The molecule has 0 saturated carbocycles. The number of halogens is 4. The Morgan fingerprint density at radius 1 is 1.52 bits per heavy atom. The van der Waals surface area contributed by atoms with Crippen molar-refractivity contribution < 1.29 is 22.7 Å². The molecule has 0 unspecified atom stereocenters. The second kappa shape index (κ2) is 6.99. The van der Waals surface area contributed by atoms with Gasteiger partial charge in [-0.2, -0.15) is 18.4 Å². The molecule has 0 aliphatic heterocycles. The van der Waals surface area contributed by atoms with Gasteiger partial charge in [0.2, 0.25) is 0 Å². The van der Waals surface area contributed by atoms with Crippen LogP contribution in [0, 0.1) is 11.3 Å². The van der Waals surface area contributed by atoms with Crippen molar-refractivity contribution in [2.45, 2.75) is 13.1 Å². The second-order valence-corrected chi connectivity index (χ2v) is 4.16. The fourth-order valence-corrected chi connectivity index (χ4v) is 1.54. The molecule has 1 aromatic carbocycles. The summed E-state index contributed by atoms with van der Waals surface area (Å²) in [6.07, 6.45) is -3.77. The van der Waals surface area contributed by atoms with Gasteiger partial charge in [0.05, 0.1) is 17.9 Å². The van der Waals surface area contributed by atoms with E-state index in [4.69, 9.17) is 16.9 Å². The average molecular weight is 319 g/mol. The molecule has 0 amide bonds. The monoisotopic (exact) mass is 318 g/mol. The van der Waals surface area contributed by atoms with Crippen LogP contribution < -0.4 is 5.32 Å². The normalized spacial score (nSPS) is 11.7. The van der Waals surface area contributed by atoms with Crippen molar-refractivity contribution in [3.05, 3.63) is 40.6 Å². The summed E-state index contributed by atoms with van der Waals surface area (Å²) in [4.78, 5) is 11.3. The number of benzene rings is 1. The van der Waals surface area contributed by atoms with Crippen LogP contribution in [0.3, 0.4) is 0 Å². The molecule has 21 heavy (non-hydrogen) atoms. The molecule has 0 aromatic heterocycles. The number of nitrogens with one attached hydrogen (secondary N) is 1. The number of hydrogen-bond acceptors (Lipinski definition) is 4. The summed E-state index contributed by atoms with van der Waals surface area (Å²) in [6.45, 7) is 1.59. The molecule has 1 rings (SSSR count). The Balaban J connectivity index is 3.09. The largest absolute Gasteiger partial charge is 0.462 e. The summed E-state index contributed by atoms with van der Waals surface area (Å²) in [6, 6.07) is 4.64. The molecule has 0 heterocycles. The van der Waals surface area contributed by atoms with Gasteiger partial charge in [0, 0.05) is 11.2 Å². The Kier molecular flexibility index (Phi) is 5.61. The molecular formula is C13H10ClF3N2O2. The van der Waals surface area contributed by atoms with Gasteiger partial charge in [0.1, 0.15) is 6.07 Å². The topological polar surface area (TPSA) is 62.1 Å². The number of nitriles is 1. The fourth-order valence-electron chi connectivity index (χ4n) is 1.37. The zero-order valence-corrected chi connectivity index (χ0v) is 11.5. The molecule has 1 N–H and O–H groups in total. The first-order valence-electron chi connectivity index (χ1n) is 5.70. The number of carbonyl (C=O) groups is 1. The van der Waals surface area contributed by atoms with Crippen molar-refractivity contribution in [2.24, 2.45) is 0 Å². The van der Waals surface area contributed by atoms with Gasteiger partial charge < -0.3 is 10.1 Å². The summed E-state index contributed by atoms with van der Waals surface area (Å²) < 4.78 is 43.1. The lowest BCUT2D eigenvalue weighted by molar-refractivity contribution is -0.138. The number of alkyl halides is 3. The lowest BCUT2D eigenvalue weighted by atomic mass is 10.1. The minimum atomic E-state index is -4.63. The number of anilines is 1. The summed E-state index contributed by atoms with van der Waals surface area (Å²) in [5.74, 6) is -0.921. The molecule has 0 saturated heterocycles. The average Bonchev–Trinajstić information content (AvgIpc) is 2.40. The Bertz CT molecular complexity index is 606. The van der Waals surface area contributed by atoms with E-state index in [0.29, 0.717) is 0 Å². The van der Waals surface area contributed by atoms with E-state index < -0.39 is 23.3 Å². The number of rotatable bonds is 4. The minimum absolute atomic E-state index is 0.0482.